The summed E-state index contributed by atoms with van der Waals surface area (Å²) >= 11 is 0. The highest BCUT2D eigenvalue weighted by Gasteiger charge is 2.21. The molecule has 1 fully saturated rings. The van der Waals surface area contributed by atoms with Gasteiger partial charge in [-0.15, -0.1) is 0 Å². The monoisotopic (exact) mass is 275 g/mol. The van der Waals surface area contributed by atoms with Crippen LogP contribution in [0.25, 0.3) is 0 Å². The highest BCUT2D eigenvalue weighted by Crippen LogP contribution is 2.25. The Kier molecular flexibility index (Phi) is 4.55. The van der Waals surface area contributed by atoms with E-state index in [1.165, 1.54) is 30.4 Å². The molecule has 2 atom stereocenters. The third-order valence-corrected chi connectivity index (χ3v) is 4.43. The van der Waals surface area contributed by atoms with Gasteiger partial charge in [-0.25, -0.2) is 0 Å². The maximum Gasteiger partial charge on any atom is 0.119 e. The highest BCUT2D eigenvalue weighted by molar-refractivity contribution is 5.38. The molecule has 110 valence electrons. The molecule has 1 aromatic carbocycles. The van der Waals surface area contributed by atoms with E-state index in [0.717, 1.165) is 32.0 Å². The number of hydrazine groups is 1. The maximum atomic E-state index is 5.83. The summed E-state index contributed by atoms with van der Waals surface area (Å²) in [7, 11) is 0. The van der Waals surface area contributed by atoms with Crippen molar-refractivity contribution in [2.24, 2.45) is 5.92 Å². The van der Waals surface area contributed by atoms with E-state index in [4.69, 9.17) is 4.74 Å². The summed E-state index contributed by atoms with van der Waals surface area (Å²) in [6.45, 7) is 5.93. The van der Waals surface area contributed by atoms with Crippen LogP contribution < -0.4 is 20.9 Å². The molecular formula is C16H25N3O. The van der Waals surface area contributed by atoms with Crippen molar-refractivity contribution in [3.8, 4) is 5.75 Å². The number of rotatable bonds is 6. The second kappa shape index (κ2) is 6.57. The molecule has 3 rings (SSSR count). The van der Waals surface area contributed by atoms with Crippen molar-refractivity contribution in [1.29, 1.82) is 0 Å². The average molecular weight is 275 g/mol. The third-order valence-electron chi connectivity index (χ3n) is 4.43. The number of nitrogens with one attached hydrogen (secondary N) is 3. The molecule has 4 nitrogen and oxygen atoms in total. The highest BCUT2D eigenvalue weighted by atomic mass is 16.5. The lowest BCUT2D eigenvalue weighted by Gasteiger charge is -2.14. The van der Waals surface area contributed by atoms with Gasteiger partial charge in [-0.1, -0.05) is 6.07 Å². The van der Waals surface area contributed by atoms with Crippen LogP contribution in [-0.2, 0) is 12.8 Å². The van der Waals surface area contributed by atoms with Gasteiger partial charge in [0, 0.05) is 31.6 Å². The van der Waals surface area contributed by atoms with Gasteiger partial charge in [-0.3, -0.25) is 10.9 Å². The molecule has 2 unspecified atom stereocenters. The van der Waals surface area contributed by atoms with Gasteiger partial charge in [-0.05, 0) is 49.4 Å². The standard InChI is InChI=1S/C16H25N3O/c1-12-15(11-18-19-12)10-17-7-8-20-16-6-5-13-3-2-4-14(13)9-16/h5-6,9,12,15,17-19H,2-4,7-8,10-11H2,1H3. The second-order valence-electron chi connectivity index (χ2n) is 5.91. The van der Waals surface area contributed by atoms with E-state index in [2.05, 4.69) is 41.3 Å². The molecule has 0 radical (unpaired) electrons. The molecule has 20 heavy (non-hydrogen) atoms. The van der Waals surface area contributed by atoms with Crippen LogP contribution in [0.1, 0.15) is 24.5 Å². The summed E-state index contributed by atoms with van der Waals surface area (Å²) in [5.74, 6) is 1.68. The molecule has 1 saturated heterocycles. The van der Waals surface area contributed by atoms with Crippen LogP contribution in [0.3, 0.4) is 0 Å². The van der Waals surface area contributed by atoms with Crippen molar-refractivity contribution < 1.29 is 4.74 Å². The zero-order chi connectivity index (χ0) is 13.8. The summed E-state index contributed by atoms with van der Waals surface area (Å²) in [5, 5.41) is 3.48. The van der Waals surface area contributed by atoms with E-state index in [1.54, 1.807) is 0 Å². The Balaban J connectivity index is 1.35. The molecule has 2 aliphatic rings. The summed E-state index contributed by atoms with van der Waals surface area (Å²) in [6.07, 6.45) is 3.74. The van der Waals surface area contributed by atoms with Gasteiger partial charge in [0.2, 0.25) is 0 Å². The van der Waals surface area contributed by atoms with Gasteiger partial charge in [0.1, 0.15) is 12.4 Å². The van der Waals surface area contributed by atoms with Crippen molar-refractivity contribution in [3.63, 3.8) is 0 Å². The predicted molar refractivity (Wildman–Crippen MR) is 80.9 cm³/mol. The van der Waals surface area contributed by atoms with Crippen LogP contribution in [0, 0.1) is 5.92 Å². The Morgan fingerprint density at radius 1 is 1.30 bits per heavy atom. The van der Waals surface area contributed by atoms with Crippen molar-refractivity contribution >= 4 is 0 Å². The smallest absolute Gasteiger partial charge is 0.119 e. The first-order valence-corrected chi connectivity index (χ1v) is 7.76. The topological polar surface area (TPSA) is 45.3 Å². The molecule has 0 aromatic heterocycles. The fourth-order valence-electron chi connectivity index (χ4n) is 3.06. The minimum Gasteiger partial charge on any atom is -0.492 e. The number of ether oxygens (including phenoxy) is 1. The summed E-state index contributed by atoms with van der Waals surface area (Å²) < 4.78 is 5.83. The first kappa shape index (κ1) is 13.9. The lowest BCUT2D eigenvalue weighted by molar-refractivity contribution is 0.307. The summed E-state index contributed by atoms with van der Waals surface area (Å²) in [6, 6.07) is 7.09. The number of aryl methyl sites for hydroxylation is 2. The molecule has 4 heteroatoms. The van der Waals surface area contributed by atoms with Crippen LogP contribution in [-0.4, -0.2) is 32.3 Å². The van der Waals surface area contributed by atoms with Crippen LogP contribution in [0.5, 0.6) is 5.75 Å². The van der Waals surface area contributed by atoms with Crippen LogP contribution in [0.15, 0.2) is 18.2 Å². The molecule has 1 aromatic rings. The molecular weight excluding hydrogens is 250 g/mol. The largest absolute Gasteiger partial charge is 0.492 e. The second-order valence-corrected chi connectivity index (χ2v) is 5.91. The van der Waals surface area contributed by atoms with E-state index in [1.807, 2.05) is 0 Å². The Bertz CT molecular complexity index is 449. The van der Waals surface area contributed by atoms with E-state index >= 15 is 0 Å². The molecule has 0 spiro atoms. The Morgan fingerprint density at radius 2 is 2.20 bits per heavy atom. The molecule has 0 amide bonds. The SMILES string of the molecule is CC1NNCC1CNCCOc1ccc2c(c1)CCC2. The molecule has 3 N–H and O–H groups in total. The number of benzene rings is 1. The maximum absolute atomic E-state index is 5.83. The molecule has 0 bridgehead atoms. The summed E-state index contributed by atoms with van der Waals surface area (Å²) in [5.41, 5.74) is 9.41. The quantitative estimate of drug-likeness (QED) is 0.684. The van der Waals surface area contributed by atoms with Crippen LogP contribution >= 0.6 is 0 Å². The van der Waals surface area contributed by atoms with Crippen molar-refractivity contribution in [3.05, 3.63) is 29.3 Å². The van der Waals surface area contributed by atoms with Gasteiger partial charge in [0.25, 0.3) is 0 Å². The number of hydrogen-bond donors (Lipinski definition) is 3. The van der Waals surface area contributed by atoms with Crippen molar-refractivity contribution in [2.45, 2.75) is 32.2 Å². The third kappa shape index (κ3) is 3.32. The minimum absolute atomic E-state index is 0.542. The number of fused-ring (bicyclic) bond motifs is 1. The van der Waals surface area contributed by atoms with Gasteiger partial charge in [0.15, 0.2) is 0 Å². The van der Waals surface area contributed by atoms with Gasteiger partial charge < -0.3 is 10.1 Å². The van der Waals surface area contributed by atoms with Gasteiger partial charge >= 0.3 is 0 Å². The van der Waals surface area contributed by atoms with E-state index in [9.17, 15) is 0 Å². The van der Waals surface area contributed by atoms with Crippen LogP contribution in [0.2, 0.25) is 0 Å². The van der Waals surface area contributed by atoms with E-state index in [0.29, 0.717) is 12.0 Å². The van der Waals surface area contributed by atoms with Crippen molar-refractivity contribution in [2.75, 3.05) is 26.2 Å². The Hall–Kier alpha value is -1.10. The first-order chi connectivity index (χ1) is 9.83. The lowest BCUT2D eigenvalue weighted by atomic mass is 10.0. The molecule has 1 heterocycles. The molecule has 1 aliphatic heterocycles. The molecule has 1 aliphatic carbocycles. The fraction of sp³-hybridized carbons (Fsp3) is 0.625. The lowest BCUT2D eigenvalue weighted by Crippen LogP contribution is -2.34. The predicted octanol–water partition coefficient (Wildman–Crippen LogP) is 1.26. The number of hydrogen-bond acceptors (Lipinski definition) is 4. The minimum atomic E-state index is 0.542. The zero-order valence-corrected chi connectivity index (χ0v) is 12.2. The fourth-order valence-corrected chi connectivity index (χ4v) is 3.06. The first-order valence-electron chi connectivity index (χ1n) is 7.76. The van der Waals surface area contributed by atoms with E-state index < -0.39 is 0 Å². The molecule has 0 saturated carbocycles. The normalized spacial score (nSPS) is 24.9. The summed E-state index contributed by atoms with van der Waals surface area (Å²) in [4.78, 5) is 0. The van der Waals surface area contributed by atoms with E-state index in [-0.39, 0.29) is 0 Å². The van der Waals surface area contributed by atoms with Gasteiger partial charge in [0.05, 0.1) is 0 Å². The Labute approximate surface area is 121 Å². The van der Waals surface area contributed by atoms with Crippen molar-refractivity contribution in [1.82, 2.24) is 16.2 Å². The average Bonchev–Trinajstić information content (AvgIpc) is 3.07. The van der Waals surface area contributed by atoms with Crippen LogP contribution in [0.4, 0.5) is 0 Å². The zero-order valence-electron chi connectivity index (χ0n) is 12.2. The van der Waals surface area contributed by atoms with Gasteiger partial charge in [-0.2, -0.15) is 0 Å². The Morgan fingerprint density at radius 3 is 3.05 bits per heavy atom.